The van der Waals surface area contributed by atoms with Crippen molar-refractivity contribution < 1.29 is 4.43 Å². The van der Waals surface area contributed by atoms with Gasteiger partial charge in [-0.15, -0.1) is 0 Å². The van der Waals surface area contributed by atoms with E-state index >= 15 is 0 Å². The van der Waals surface area contributed by atoms with Crippen LogP contribution in [0.25, 0.3) is 0 Å². The van der Waals surface area contributed by atoms with Crippen LogP contribution in [0.3, 0.4) is 0 Å². The summed E-state index contributed by atoms with van der Waals surface area (Å²) in [6, 6.07) is 0. The molecule has 0 aromatic rings. The van der Waals surface area contributed by atoms with E-state index in [1.807, 2.05) is 6.92 Å². The van der Waals surface area contributed by atoms with E-state index in [-0.39, 0.29) is 9.76 Å². The number of hydrogen-bond acceptors (Lipinski definition) is 1. The number of alkyl halides is 2. The third kappa shape index (κ3) is 7.14. The lowest BCUT2D eigenvalue weighted by Gasteiger charge is -1.97. The molecule has 0 N–H and O–H groups in total. The summed E-state index contributed by atoms with van der Waals surface area (Å²) < 4.78 is 5.58. The van der Waals surface area contributed by atoms with Crippen LogP contribution < -0.4 is 0 Å². The molecule has 1 nitrogen and oxygen atoms in total. The molecule has 0 radical (unpaired) electrons. The second-order valence-corrected chi connectivity index (χ2v) is 8.44. The number of halogens is 2. The van der Waals surface area contributed by atoms with E-state index in [0.717, 1.165) is 6.61 Å². The van der Waals surface area contributed by atoms with E-state index in [1.54, 1.807) is 0 Å². The maximum atomic E-state index is 5.14. The smallest absolute Gasteiger partial charge is 0.185 e. The molecule has 0 aliphatic heterocycles. The molecule has 0 unspecified atom stereocenters. The van der Waals surface area contributed by atoms with Crippen LogP contribution >= 0.6 is 31.9 Å². The zero-order valence-electron chi connectivity index (χ0n) is 4.16. The Hall–Kier alpha value is 1.14. The van der Waals surface area contributed by atoms with Crippen molar-refractivity contribution in [2.24, 2.45) is 0 Å². The molecule has 0 atom stereocenters. The van der Waals surface area contributed by atoms with Gasteiger partial charge in [-0.1, -0.05) is 31.9 Å². The summed E-state index contributed by atoms with van der Waals surface area (Å²) >= 11 is 6.66. The minimum absolute atomic E-state index is 0.321. The molecule has 4 heteroatoms. The van der Waals surface area contributed by atoms with Gasteiger partial charge >= 0.3 is 0 Å². The van der Waals surface area contributed by atoms with Crippen molar-refractivity contribution >= 4 is 41.6 Å². The van der Waals surface area contributed by atoms with Crippen LogP contribution in [0.15, 0.2) is 0 Å². The molecule has 0 saturated carbocycles. The summed E-state index contributed by atoms with van der Waals surface area (Å²) in [5.74, 6) is 0. The lowest BCUT2D eigenvalue weighted by Crippen LogP contribution is -2.05. The van der Waals surface area contributed by atoms with Gasteiger partial charge in [0.05, 0.1) is 3.36 Å². The molecule has 0 amide bonds. The summed E-state index contributed by atoms with van der Waals surface area (Å²) in [4.78, 5) is 0. The zero-order valence-corrected chi connectivity index (χ0v) is 8.74. The Bertz CT molecular complexity index is 41.9. The van der Waals surface area contributed by atoms with Crippen molar-refractivity contribution in [1.29, 1.82) is 0 Å². The maximum Gasteiger partial charge on any atom is 0.185 e. The summed E-state index contributed by atoms with van der Waals surface area (Å²) in [6.45, 7) is 2.86. The van der Waals surface area contributed by atoms with Gasteiger partial charge in [0, 0.05) is 6.61 Å². The zero-order chi connectivity index (χ0) is 5.70. The topological polar surface area (TPSA) is 9.23 Å². The summed E-state index contributed by atoms with van der Waals surface area (Å²) in [6.07, 6.45) is 0. The van der Waals surface area contributed by atoms with Crippen molar-refractivity contribution in [3.63, 3.8) is 0 Å². The normalized spacial score (nSPS) is 12.0. The fraction of sp³-hybridized carbons (Fsp3) is 1.00. The molecule has 0 saturated heterocycles. The Kier molecular flexibility index (Phi) is 6.13. The Morgan fingerprint density at radius 2 is 2.29 bits per heavy atom. The summed E-state index contributed by atoms with van der Waals surface area (Å²) in [5, 5.41) is 0. The number of rotatable bonds is 3. The van der Waals surface area contributed by atoms with Crippen LogP contribution in [0.5, 0.6) is 0 Å². The van der Waals surface area contributed by atoms with Crippen LogP contribution in [0.1, 0.15) is 6.92 Å². The highest BCUT2D eigenvalue weighted by molar-refractivity contribution is 9.25. The number of hydrogen-bond donors (Lipinski definition) is 0. The first-order valence-corrected chi connectivity index (χ1v) is 5.35. The van der Waals surface area contributed by atoms with Gasteiger partial charge in [-0.2, -0.15) is 0 Å². The van der Waals surface area contributed by atoms with Crippen molar-refractivity contribution in [2.45, 2.75) is 10.3 Å². The second-order valence-electron chi connectivity index (χ2n) is 1.05. The highest BCUT2D eigenvalue weighted by Crippen LogP contribution is 2.04. The van der Waals surface area contributed by atoms with E-state index in [2.05, 4.69) is 31.9 Å². The van der Waals surface area contributed by atoms with Crippen LogP contribution in [-0.2, 0) is 4.43 Å². The Labute approximate surface area is 63.0 Å². The molecule has 7 heavy (non-hydrogen) atoms. The molecule has 0 aromatic heterocycles. The minimum Gasteiger partial charge on any atom is -0.422 e. The molecular weight excluding hydrogens is 240 g/mol. The first-order chi connectivity index (χ1) is 3.27. The third-order valence-corrected chi connectivity index (χ3v) is 2.93. The standard InChI is InChI=1S/C3H8Br2OSi/c1-2-6-7-3(4)5/h3H,2,7H2,1H3. The van der Waals surface area contributed by atoms with Gasteiger partial charge in [0.2, 0.25) is 0 Å². The van der Waals surface area contributed by atoms with Gasteiger partial charge in [-0.05, 0) is 6.92 Å². The minimum atomic E-state index is -0.321. The van der Waals surface area contributed by atoms with Gasteiger partial charge in [0.25, 0.3) is 0 Å². The molecule has 44 valence electrons. The lowest BCUT2D eigenvalue weighted by atomic mass is 10.9. The van der Waals surface area contributed by atoms with Gasteiger partial charge in [0.1, 0.15) is 0 Å². The van der Waals surface area contributed by atoms with E-state index in [1.165, 1.54) is 0 Å². The van der Waals surface area contributed by atoms with E-state index in [9.17, 15) is 0 Å². The van der Waals surface area contributed by atoms with Crippen LogP contribution in [0.2, 0.25) is 0 Å². The second kappa shape index (κ2) is 5.28. The average Bonchev–Trinajstić information content (AvgIpc) is 1.61. The summed E-state index contributed by atoms with van der Waals surface area (Å²) in [5.41, 5.74) is 0. The highest BCUT2D eigenvalue weighted by atomic mass is 79.9. The van der Waals surface area contributed by atoms with Gasteiger partial charge in [-0.25, -0.2) is 0 Å². The molecule has 0 heterocycles. The molecule has 0 aliphatic carbocycles. The molecule has 0 rings (SSSR count). The third-order valence-electron chi connectivity index (χ3n) is 0.448. The van der Waals surface area contributed by atoms with Crippen LogP contribution in [0, 0.1) is 0 Å². The van der Waals surface area contributed by atoms with Gasteiger partial charge < -0.3 is 4.43 Å². The predicted molar refractivity (Wildman–Crippen MR) is 41.8 cm³/mol. The van der Waals surface area contributed by atoms with Crippen molar-refractivity contribution in [2.75, 3.05) is 6.61 Å². The molecule has 0 aromatic carbocycles. The monoisotopic (exact) mass is 246 g/mol. The fourth-order valence-electron chi connectivity index (χ4n) is 0.207. The van der Waals surface area contributed by atoms with Crippen molar-refractivity contribution in [1.82, 2.24) is 0 Å². The SMILES string of the molecule is CCO[SiH2]C(Br)Br. The van der Waals surface area contributed by atoms with E-state index in [0.29, 0.717) is 3.36 Å². The van der Waals surface area contributed by atoms with Gasteiger partial charge in [-0.3, -0.25) is 0 Å². The van der Waals surface area contributed by atoms with E-state index < -0.39 is 0 Å². The quantitative estimate of drug-likeness (QED) is 0.538. The van der Waals surface area contributed by atoms with Crippen LogP contribution in [-0.4, -0.2) is 19.7 Å². The van der Waals surface area contributed by atoms with Crippen molar-refractivity contribution in [3.8, 4) is 0 Å². The molecule has 0 aliphatic rings. The summed E-state index contributed by atoms with van der Waals surface area (Å²) in [7, 11) is -0.321. The van der Waals surface area contributed by atoms with Gasteiger partial charge in [0.15, 0.2) is 9.76 Å². The molecule has 0 bridgehead atoms. The largest absolute Gasteiger partial charge is 0.422 e. The molecular formula is C3H8Br2OSi. The van der Waals surface area contributed by atoms with E-state index in [4.69, 9.17) is 4.43 Å². The Morgan fingerprint density at radius 3 is 2.43 bits per heavy atom. The Balaban J connectivity index is 2.68. The first kappa shape index (κ1) is 8.14. The average molecular weight is 248 g/mol. The molecule has 0 fully saturated rings. The highest BCUT2D eigenvalue weighted by Gasteiger charge is 1.94. The predicted octanol–water partition coefficient (Wildman–Crippen LogP) is 1.18. The van der Waals surface area contributed by atoms with Crippen LogP contribution in [0.4, 0.5) is 0 Å². The fourth-order valence-corrected chi connectivity index (χ4v) is 1.74. The molecule has 0 spiro atoms. The Morgan fingerprint density at radius 1 is 1.71 bits per heavy atom. The maximum absolute atomic E-state index is 5.14. The first-order valence-electron chi connectivity index (χ1n) is 2.13. The van der Waals surface area contributed by atoms with Crippen molar-refractivity contribution in [3.05, 3.63) is 0 Å². The lowest BCUT2D eigenvalue weighted by molar-refractivity contribution is 0.363.